The van der Waals surface area contributed by atoms with Gasteiger partial charge in [-0.05, 0) is 36.8 Å². The number of sulfonamides is 1. The molecule has 0 aliphatic rings. The summed E-state index contributed by atoms with van der Waals surface area (Å²) in [7, 11) is -3.52. The van der Waals surface area contributed by atoms with Crippen LogP contribution in [0.2, 0.25) is 4.34 Å². The van der Waals surface area contributed by atoms with Gasteiger partial charge in [-0.2, -0.15) is 0 Å². The van der Waals surface area contributed by atoms with Crippen molar-refractivity contribution in [3.8, 4) is 0 Å². The summed E-state index contributed by atoms with van der Waals surface area (Å²) in [5.74, 6) is -0.338. The molecule has 0 bridgehead atoms. The first kappa shape index (κ1) is 18.4. The van der Waals surface area contributed by atoms with Crippen molar-refractivity contribution in [2.45, 2.75) is 37.3 Å². The zero-order chi connectivity index (χ0) is 16.0. The Bertz CT molecular complexity index is 568. The minimum atomic E-state index is -3.52. The van der Waals surface area contributed by atoms with E-state index < -0.39 is 16.0 Å². The molecular weight excluding hydrogens is 334 g/mol. The van der Waals surface area contributed by atoms with E-state index in [0.29, 0.717) is 29.6 Å². The number of hydrogen-bond acceptors (Lipinski definition) is 4. The van der Waals surface area contributed by atoms with E-state index in [-0.39, 0.29) is 16.5 Å². The lowest BCUT2D eigenvalue weighted by atomic mass is 9.88. The lowest BCUT2D eigenvalue weighted by Gasteiger charge is -2.20. The second kappa shape index (κ2) is 8.12. The Balaban J connectivity index is 2.51. The summed E-state index contributed by atoms with van der Waals surface area (Å²) in [6.07, 6.45) is 1.28. The highest BCUT2D eigenvalue weighted by Crippen LogP contribution is 2.26. The van der Waals surface area contributed by atoms with Crippen LogP contribution < -0.4 is 4.72 Å². The van der Waals surface area contributed by atoms with Crippen molar-refractivity contribution in [3.63, 3.8) is 0 Å². The van der Waals surface area contributed by atoms with E-state index in [1.165, 1.54) is 6.07 Å². The van der Waals surface area contributed by atoms with Gasteiger partial charge in [0.1, 0.15) is 4.21 Å². The summed E-state index contributed by atoms with van der Waals surface area (Å²) in [5, 5.41) is 8.73. The monoisotopic (exact) mass is 353 g/mol. The van der Waals surface area contributed by atoms with Gasteiger partial charge in [-0.1, -0.05) is 25.4 Å². The second-order valence-corrected chi connectivity index (χ2v) is 8.89. The molecule has 2 N–H and O–H groups in total. The smallest absolute Gasteiger partial charge is 0.303 e. The molecule has 120 valence electrons. The largest absolute Gasteiger partial charge is 0.481 e. The van der Waals surface area contributed by atoms with Crippen LogP contribution in [0.3, 0.4) is 0 Å². The highest BCUT2D eigenvalue weighted by Gasteiger charge is 2.19. The minimum Gasteiger partial charge on any atom is -0.481 e. The standard InChI is InChI=1S/C13H20ClNO4S2/c1-9(2)10(3-5-12(16)17)7-8-15-21(18,19)13-6-4-11(14)20-13/h4,6,9-10,15H,3,5,7-8H2,1-2H3,(H,16,17). The number of aliphatic carboxylic acids is 1. The third kappa shape index (κ3) is 6.34. The molecule has 0 amide bonds. The van der Waals surface area contributed by atoms with Crippen LogP contribution in [0, 0.1) is 11.8 Å². The summed E-state index contributed by atoms with van der Waals surface area (Å²) in [4.78, 5) is 10.6. The van der Waals surface area contributed by atoms with Crippen LogP contribution in [-0.2, 0) is 14.8 Å². The second-order valence-electron chi connectivity index (χ2n) is 5.18. The number of rotatable bonds is 9. The zero-order valence-electron chi connectivity index (χ0n) is 12.0. The van der Waals surface area contributed by atoms with Gasteiger partial charge in [0, 0.05) is 13.0 Å². The molecule has 1 rings (SSSR count). The maximum absolute atomic E-state index is 12.0. The molecule has 1 heterocycles. The predicted molar refractivity (Wildman–Crippen MR) is 84.3 cm³/mol. The van der Waals surface area contributed by atoms with Gasteiger partial charge in [-0.15, -0.1) is 11.3 Å². The van der Waals surface area contributed by atoms with Crippen molar-refractivity contribution in [2.24, 2.45) is 11.8 Å². The topological polar surface area (TPSA) is 83.5 Å². The first-order valence-corrected chi connectivity index (χ1v) is 9.37. The molecule has 1 aromatic heterocycles. The molecule has 1 aromatic rings. The van der Waals surface area contributed by atoms with Crippen LogP contribution >= 0.6 is 22.9 Å². The van der Waals surface area contributed by atoms with Crippen molar-refractivity contribution >= 4 is 38.9 Å². The van der Waals surface area contributed by atoms with Crippen LogP contribution in [-0.4, -0.2) is 26.0 Å². The van der Waals surface area contributed by atoms with Crippen molar-refractivity contribution in [1.82, 2.24) is 4.72 Å². The van der Waals surface area contributed by atoms with E-state index in [4.69, 9.17) is 16.7 Å². The highest BCUT2D eigenvalue weighted by atomic mass is 35.5. The summed E-state index contributed by atoms with van der Waals surface area (Å²) in [6.45, 7) is 4.32. The zero-order valence-corrected chi connectivity index (χ0v) is 14.4. The lowest BCUT2D eigenvalue weighted by Crippen LogP contribution is -2.26. The maximum atomic E-state index is 12.0. The molecule has 0 aromatic carbocycles. The summed E-state index contributed by atoms with van der Waals surface area (Å²) < 4.78 is 27.2. The number of nitrogens with one attached hydrogen (secondary N) is 1. The van der Waals surface area contributed by atoms with Crippen LogP contribution in [0.15, 0.2) is 16.3 Å². The molecule has 0 aliphatic carbocycles. The molecule has 0 fully saturated rings. The molecule has 0 saturated carbocycles. The summed E-state index contributed by atoms with van der Waals surface area (Å²) in [6, 6.07) is 3.02. The van der Waals surface area contributed by atoms with Crippen LogP contribution in [0.1, 0.15) is 33.1 Å². The highest BCUT2D eigenvalue weighted by molar-refractivity contribution is 7.91. The van der Waals surface area contributed by atoms with Crippen LogP contribution in [0.5, 0.6) is 0 Å². The van der Waals surface area contributed by atoms with Gasteiger partial charge in [-0.25, -0.2) is 13.1 Å². The average Bonchev–Trinajstić information content (AvgIpc) is 2.80. The van der Waals surface area contributed by atoms with Gasteiger partial charge >= 0.3 is 5.97 Å². The molecule has 5 nitrogen and oxygen atoms in total. The Hall–Kier alpha value is -0.630. The average molecular weight is 354 g/mol. The summed E-state index contributed by atoms with van der Waals surface area (Å²) >= 11 is 6.75. The van der Waals surface area contributed by atoms with Gasteiger partial charge in [0.15, 0.2) is 0 Å². The molecule has 8 heteroatoms. The molecule has 21 heavy (non-hydrogen) atoms. The quantitative estimate of drug-likeness (QED) is 0.714. The van der Waals surface area contributed by atoms with Crippen molar-refractivity contribution in [2.75, 3.05) is 6.54 Å². The van der Waals surface area contributed by atoms with E-state index in [9.17, 15) is 13.2 Å². The number of carboxylic acid groups (broad SMARTS) is 1. The number of carboxylic acids is 1. The maximum Gasteiger partial charge on any atom is 0.303 e. The van der Waals surface area contributed by atoms with E-state index in [0.717, 1.165) is 11.3 Å². The van der Waals surface area contributed by atoms with Gasteiger partial charge in [0.25, 0.3) is 0 Å². The Morgan fingerprint density at radius 1 is 1.38 bits per heavy atom. The molecule has 0 aliphatic heterocycles. The number of halogens is 1. The third-order valence-corrected chi connectivity index (χ3v) is 6.48. The molecule has 0 radical (unpaired) electrons. The van der Waals surface area contributed by atoms with Gasteiger partial charge < -0.3 is 5.11 Å². The van der Waals surface area contributed by atoms with E-state index in [2.05, 4.69) is 4.72 Å². The molecular formula is C13H20ClNO4S2. The van der Waals surface area contributed by atoms with Gasteiger partial charge in [0.2, 0.25) is 10.0 Å². The van der Waals surface area contributed by atoms with Gasteiger partial charge in [-0.3, -0.25) is 4.79 Å². The Morgan fingerprint density at radius 3 is 2.52 bits per heavy atom. The fourth-order valence-corrected chi connectivity index (χ4v) is 4.59. The normalized spacial score (nSPS) is 13.5. The Morgan fingerprint density at radius 2 is 2.05 bits per heavy atom. The van der Waals surface area contributed by atoms with Crippen LogP contribution in [0.25, 0.3) is 0 Å². The van der Waals surface area contributed by atoms with Crippen molar-refractivity contribution < 1.29 is 18.3 Å². The number of carbonyl (C=O) groups is 1. The number of thiophene rings is 1. The first-order valence-electron chi connectivity index (χ1n) is 6.69. The van der Waals surface area contributed by atoms with Gasteiger partial charge in [0.05, 0.1) is 4.34 Å². The van der Waals surface area contributed by atoms with E-state index in [1.54, 1.807) is 6.07 Å². The minimum absolute atomic E-state index is 0.107. The Labute approximate surface area is 134 Å². The first-order chi connectivity index (χ1) is 9.72. The summed E-state index contributed by atoms with van der Waals surface area (Å²) in [5.41, 5.74) is 0. The molecule has 1 atom stereocenters. The van der Waals surface area contributed by atoms with E-state index >= 15 is 0 Å². The Kier molecular flexibility index (Phi) is 7.12. The lowest BCUT2D eigenvalue weighted by molar-refractivity contribution is -0.137. The molecule has 1 unspecified atom stereocenters. The van der Waals surface area contributed by atoms with Crippen molar-refractivity contribution in [3.05, 3.63) is 16.5 Å². The molecule has 0 spiro atoms. The van der Waals surface area contributed by atoms with E-state index in [1.807, 2.05) is 13.8 Å². The SMILES string of the molecule is CC(C)C(CCNS(=O)(=O)c1ccc(Cl)s1)CCC(=O)O. The predicted octanol–water partition coefficient (Wildman–Crippen LogP) is 3.21. The fourth-order valence-electron chi connectivity index (χ4n) is 2.01. The fraction of sp³-hybridized carbons (Fsp3) is 0.615. The van der Waals surface area contributed by atoms with Crippen LogP contribution in [0.4, 0.5) is 0 Å². The van der Waals surface area contributed by atoms with Crippen molar-refractivity contribution in [1.29, 1.82) is 0 Å². The third-order valence-electron chi connectivity index (χ3n) is 3.29. The molecule has 0 saturated heterocycles. The number of hydrogen-bond donors (Lipinski definition) is 2.